The van der Waals surface area contributed by atoms with Crippen molar-refractivity contribution >= 4 is 12.1 Å². The van der Waals surface area contributed by atoms with Crippen molar-refractivity contribution in [3.63, 3.8) is 0 Å². The maximum Gasteiger partial charge on any atom is 0.431 e. The first-order chi connectivity index (χ1) is 9.69. The minimum absolute atomic E-state index is 0.183. The molecule has 0 saturated carbocycles. The van der Waals surface area contributed by atoms with E-state index in [2.05, 4.69) is 5.48 Å². The van der Waals surface area contributed by atoms with E-state index in [9.17, 15) is 14.7 Å². The molecule has 0 spiro atoms. The second kappa shape index (κ2) is 7.08. The zero-order valence-corrected chi connectivity index (χ0v) is 12.7. The quantitative estimate of drug-likeness (QED) is 0.816. The Morgan fingerprint density at radius 1 is 1.24 bits per heavy atom. The minimum Gasteiger partial charge on any atom is -0.481 e. The van der Waals surface area contributed by atoms with Crippen molar-refractivity contribution in [2.24, 2.45) is 0 Å². The lowest BCUT2D eigenvalue weighted by atomic mass is 9.99. The van der Waals surface area contributed by atoms with Crippen LogP contribution in [-0.4, -0.2) is 29.4 Å². The number of ether oxygens (including phenoxy) is 1. The summed E-state index contributed by atoms with van der Waals surface area (Å²) in [6.07, 6.45) is -0.754. The number of hydrogen-bond acceptors (Lipinski definition) is 4. The molecule has 0 aliphatic carbocycles. The highest BCUT2D eigenvalue weighted by Crippen LogP contribution is 2.17. The molecule has 116 valence electrons. The van der Waals surface area contributed by atoms with Gasteiger partial charge in [0.15, 0.2) is 0 Å². The number of hydrogen-bond donors (Lipinski definition) is 2. The number of aliphatic carboxylic acids is 1. The molecule has 0 radical (unpaired) electrons. The molecular weight excluding hydrogens is 274 g/mol. The van der Waals surface area contributed by atoms with E-state index in [0.717, 1.165) is 5.56 Å². The third-order valence-electron chi connectivity index (χ3n) is 2.58. The largest absolute Gasteiger partial charge is 0.481 e. The molecule has 1 unspecified atom stereocenters. The number of carbonyl (C=O) groups excluding carboxylic acids is 1. The number of carbonyl (C=O) groups is 2. The Labute approximate surface area is 124 Å². The number of benzene rings is 1. The van der Waals surface area contributed by atoms with Crippen LogP contribution in [0.5, 0.6) is 0 Å². The topological polar surface area (TPSA) is 84.9 Å². The Morgan fingerprint density at radius 2 is 1.81 bits per heavy atom. The van der Waals surface area contributed by atoms with Crippen molar-refractivity contribution < 1.29 is 24.3 Å². The van der Waals surface area contributed by atoms with Gasteiger partial charge in [-0.2, -0.15) is 5.48 Å². The van der Waals surface area contributed by atoms with Crippen LogP contribution in [0.25, 0.3) is 0 Å². The Bertz CT molecular complexity index is 490. The summed E-state index contributed by atoms with van der Waals surface area (Å²) in [4.78, 5) is 27.6. The van der Waals surface area contributed by atoms with Crippen molar-refractivity contribution in [3.8, 4) is 0 Å². The van der Waals surface area contributed by atoms with E-state index in [1.807, 2.05) is 19.1 Å². The first kappa shape index (κ1) is 17.0. The molecule has 2 N–H and O–H groups in total. The molecular formula is C15H21NO5. The number of rotatable bonds is 5. The Kier molecular flexibility index (Phi) is 5.72. The van der Waals surface area contributed by atoms with Gasteiger partial charge in [0.05, 0.1) is 6.61 Å². The van der Waals surface area contributed by atoms with Crippen molar-refractivity contribution in [2.45, 2.75) is 39.2 Å². The van der Waals surface area contributed by atoms with Crippen LogP contribution in [-0.2, 0) is 14.4 Å². The van der Waals surface area contributed by atoms with Gasteiger partial charge in [0, 0.05) is 0 Å². The number of carboxylic acid groups (broad SMARTS) is 1. The summed E-state index contributed by atoms with van der Waals surface area (Å²) in [5.41, 5.74) is 3.09. The van der Waals surface area contributed by atoms with E-state index in [1.165, 1.54) is 0 Å². The molecule has 0 saturated heterocycles. The lowest BCUT2D eigenvalue weighted by Gasteiger charge is -2.20. The Hall–Kier alpha value is -2.08. The fourth-order valence-electron chi connectivity index (χ4n) is 1.59. The SMILES string of the molecule is Cc1ccc(C(CONC(=O)OC(C)(C)C)C(=O)O)cc1. The van der Waals surface area contributed by atoms with Gasteiger partial charge in [-0.3, -0.25) is 9.63 Å². The maximum atomic E-state index is 11.4. The van der Waals surface area contributed by atoms with Crippen molar-refractivity contribution in [3.05, 3.63) is 35.4 Å². The Balaban J connectivity index is 2.55. The summed E-state index contributed by atoms with van der Waals surface area (Å²) >= 11 is 0. The molecule has 1 aromatic carbocycles. The maximum absolute atomic E-state index is 11.4. The van der Waals surface area contributed by atoms with Crippen LogP contribution in [0.4, 0.5) is 4.79 Å². The van der Waals surface area contributed by atoms with E-state index >= 15 is 0 Å². The monoisotopic (exact) mass is 295 g/mol. The van der Waals surface area contributed by atoms with E-state index in [1.54, 1.807) is 32.9 Å². The molecule has 0 heterocycles. The number of hydroxylamine groups is 1. The second-order valence-corrected chi connectivity index (χ2v) is 5.72. The first-order valence-corrected chi connectivity index (χ1v) is 6.59. The van der Waals surface area contributed by atoms with Gasteiger partial charge in [0.25, 0.3) is 0 Å². The van der Waals surface area contributed by atoms with Crippen LogP contribution in [0.2, 0.25) is 0 Å². The molecule has 6 heteroatoms. The van der Waals surface area contributed by atoms with Crippen LogP contribution >= 0.6 is 0 Å². The molecule has 6 nitrogen and oxygen atoms in total. The number of nitrogens with one attached hydrogen (secondary N) is 1. The van der Waals surface area contributed by atoms with Gasteiger partial charge >= 0.3 is 12.1 Å². The smallest absolute Gasteiger partial charge is 0.431 e. The fraction of sp³-hybridized carbons (Fsp3) is 0.467. The Morgan fingerprint density at radius 3 is 2.29 bits per heavy atom. The highest BCUT2D eigenvalue weighted by Gasteiger charge is 2.22. The summed E-state index contributed by atoms with van der Waals surface area (Å²) in [5, 5.41) is 9.22. The molecule has 0 aliphatic rings. The van der Waals surface area contributed by atoms with Crippen molar-refractivity contribution in [2.75, 3.05) is 6.61 Å². The van der Waals surface area contributed by atoms with Gasteiger partial charge in [0.1, 0.15) is 11.5 Å². The summed E-state index contributed by atoms with van der Waals surface area (Å²) in [6, 6.07) is 7.11. The normalized spacial score (nSPS) is 12.6. The highest BCUT2D eigenvalue weighted by atomic mass is 16.7. The van der Waals surface area contributed by atoms with E-state index in [-0.39, 0.29) is 6.61 Å². The van der Waals surface area contributed by atoms with E-state index in [4.69, 9.17) is 9.57 Å². The van der Waals surface area contributed by atoms with Crippen LogP contribution in [0.1, 0.15) is 37.8 Å². The average Bonchev–Trinajstić information content (AvgIpc) is 2.33. The minimum atomic E-state index is -1.02. The van der Waals surface area contributed by atoms with Gasteiger partial charge in [-0.05, 0) is 33.3 Å². The molecule has 1 amide bonds. The average molecular weight is 295 g/mol. The standard InChI is InChI=1S/C15H21NO5/c1-10-5-7-11(8-6-10)12(13(17)18)9-20-16-14(19)21-15(2,3)4/h5-8,12H,9H2,1-4H3,(H,16,19)(H,17,18). The third-order valence-corrected chi connectivity index (χ3v) is 2.58. The number of aryl methyl sites for hydroxylation is 1. The molecule has 1 rings (SSSR count). The highest BCUT2D eigenvalue weighted by molar-refractivity contribution is 5.76. The lowest BCUT2D eigenvalue weighted by Crippen LogP contribution is -2.34. The van der Waals surface area contributed by atoms with Gasteiger partial charge in [-0.15, -0.1) is 0 Å². The van der Waals surface area contributed by atoms with Crippen LogP contribution in [0, 0.1) is 6.92 Å². The van der Waals surface area contributed by atoms with Gasteiger partial charge in [-0.25, -0.2) is 4.79 Å². The first-order valence-electron chi connectivity index (χ1n) is 6.59. The molecule has 0 aliphatic heterocycles. The third kappa shape index (κ3) is 6.27. The van der Waals surface area contributed by atoms with Gasteiger partial charge in [-0.1, -0.05) is 29.8 Å². The van der Waals surface area contributed by atoms with Crippen LogP contribution in [0.15, 0.2) is 24.3 Å². The van der Waals surface area contributed by atoms with E-state index < -0.39 is 23.6 Å². The second-order valence-electron chi connectivity index (χ2n) is 5.72. The number of carboxylic acids is 1. The fourth-order valence-corrected chi connectivity index (χ4v) is 1.59. The molecule has 0 fully saturated rings. The summed E-state index contributed by atoms with van der Waals surface area (Å²) in [6.45, 7) is 6.90. The molecule has 0 bridgehead atoms. The summed E-state index contributed by atoms with van der Waals surface area (Å²) < 4.78 is 4.98. The van der Waals surface area contributed by atoms with Crippen molar-refractivity contribution in [1.82, 2.24) is 5.48 Å². The van der Waals surface area contributed by atoms with Gasteiger partial charge in [0.2, 0.25) is 0 Å². The van der Waals surface area contributed by atoms with Gasteiger partial charge < -0.3 is 9.84 Å². The van der Waals surface area contributed by atoms with Crippen LogP contribution in [0.3, 0.4) is 0 Å². The zero-order valence-electron chi connectivity index (χ0n) is 12.7. The van der Waals surface area contributed by atoms with Crippen molar-refractivity contribution in [1.29, 1.82) is 0 Å². The summed E-state index contributed by atoms with van der Waals surface area (Å²) in [5.74, 6) is -1.88. The van der Waals surface area contributed by atoms with Crippen LogP contribution < -0.4 is 5.48 Å². The predicted octanol–water partition coefficient (Wildman–Crippen LogP) is 2.62. The van der Waals surface area contributed by atoms with E-state index in [0.29, 0.717) is 5.56 Å². The molecule has 1 aromatic rings. The lowest BCUT2D eigenvalue weighted by molar-refractivity contribution is -0.141. The molecule has 21 heavy (non-hydrogen) atoms. The number of amides is 1. The summed E-state index contributed by atoms with van der Waals surface area (Å²) in [7, 11) is 0. The zero-order chi connectivity index (χ0) is 16.0. The molecule has 0 aromatic heterocycles. The molecule has 1 atom stereocenters. The predicted molar refractivity (Wildman–Crippen MR) is 76.9 cm³/mol.